The van der Waals surface area contributed by atoms with E-state index in [1.165, 1.54) is 5.56 Å². The van der Waals surface area contributed by atoms with Gasteiger partial charge in [0, 0.05) is 5.56 Å². The van der Waals surface area contributed by atoms with E-state index in [1.54, 1.807) is 0 Å². The minimum Gasteiger partial charge on any atom is -0.318 e. The third-order valence-electron chi connectivity index (χ3n) is 3.34. The highest BCUT2D eigenvalue weighted by atomic mass is 16.7. The van der Waals surface area contributed by atoms with E-state index in [9.17, 15) is 4.79 Å². The van der Waals surface area contributed by atoms with Gasteiger partial charge in [-0.05, 0) is 37.7 Å². The number of carbonyl (C=O) groups excluding carboxylic acids is 1. The molecule has 1 saturated carbocycles. The molecule has 1 fully saturated rings. The molecule has 0 heterocycles. The SMILES string of the molecule is O=C(O/N=C1\CCCc2ccccc21)C1CC1. The summed E-state index contributed by atoms with van der Waals surface area (Å²) in [7, 11) is 0. The van der Waals surface area contributed by atoms with Crippen molar-refractivity contribution in [2.24, 2.45) is 11.1 Å². The second-order valence-electron chi connectivity index (χ2n) is 4.73. The van der Waals surface area contributed by atoms with Crippen molar-refractivity contribution in [3.63, 3.8) is 0 Å². The van der Waals surface area contributed by atoms with E-state index in [2.05, 4.69) is 17.3 Å². The van der Waals surface area contributed by atoms with E-state index < -0.39 is 0 Å². The maximum Gasteiger partial charge on any atom is 0.338 e. The molecule has 3 heteroatoms. The highest BCUT2D eigenvalue weighted by Gasteiger charge is 2.32. The molecule has 0 N–H and O–H groups in total. The first-order valence-electron chi connectivity index (χ1n) is 6.20. The van der Waals surface area contributed by atoms with Crippen LogP contribution in [0, 0.1) is 5.92 Å². The molecule has 3 rings (SSSR count). The van der Waals surface area contributed by atoms with Gasteiger partial charge >= 0.3 is 5.97 Å². The summed E-state index contributed by atoms with van der Waals surface area (Å²) in [4.78, 5) is 16.4. The number of oxime groups is 1. The van der Waals surface area contributed by atoms with Crippen molar-refractivity contribution in [1.82, 2.24) is 0 Å². The van der Waals surface area contributed by atoms with Crippen LogP contribution in [-0.2, 0) is 16.1 Å². The molecule has 0 spiro atoms. The maximum atomic E-state index is 11.4. The van der Waals surface area contributed by atoms with Gasteiger partial charge in [0.15, 0.2) is 0 Å². The molecule has 3 nitrogen and oxygen atoms in total. The lowest BCUT2D eigenvalue weighted by atomic mass is 9.90. The minimum absolute atomic E-state index is 0.109. The summed E-state index contributed by atoms with van der Waals surface area (Å²) in [5, 5.41) is 4.05. The van der Waals surface area contributed by atoms with E-state index in [0.29, 0.717) is 0 Å². The van der Waals surface area contributed by atoms with Gasteiger partial charge in [-0.2, -0.15) is 0 Å². The molecule has 0 saturated heterocycles. The lowest BCUT2D eigenvalue weighted by Crippen LogP contribution is -2.13. The summed E-state index contributed by atoms with van der Waals surface area (Å²) in [5.74, 6) is -0.0567. The van der Waals surface area contributed by atoms with E-state index in [4.69, 9.17) is 4.84 Å². The number of fused-ring (bicyclic) bond motifs is 1. The topological polar surface area (TPSA) is 38.7 Å². The summed E-state index contributed by atoms with van der Waals surface area (Å²) in [6.07, 6.45) is 4.98. The fourth-order valence-electron chi connectivity index (χ4n) is 2.19. The predicted molar refractivity (Wildman–Crippen MR) is 64.7 cm³/mol. The zero-order chi connectivity index (χ0) is 11.7. The molecule has 0 bridgehead atoms. The largest absolute Gasteiger partial charge is 0.338 e. The molecule has 0 aliphatic heterocycles. The molecular formula is C14H15NO2. The minimum atomic E-state index is -0.166. The van der Waals surface area contributed by atoms with Crippen LogP contribution in [0.2, 0.25) is 0 Å². The van der Waals surface area contributed by atoms with Crippen molar-refractivity contribution < 1.29 is 9.63 Å². The van der Waals surface area contributed by atoms with Gasteiger partial charge in [0.05, 0.1) is 11.6 Å². The second-order valence-corrected chi connectivity index (χ2v) is 4.73. The Balaban J connectivity index is 1.79. The number of carbonyl (C=O) groups is 1. The Morgan fingerprint density at radius 3 is 2.88 bits per heavy atom. The predicted octanol–water partition coefficient (Wildman–Crippen LogP) is 2.68. The van der Waals surface area contributed by atoms with Gasteiger partial charge in [0.1, 0.15) is 0 Å². The number of hydrogen-bond acceptors (Lipinski definition) is 3. The van der Waals surface area contributed by atoms with Gasteiger partial charge in [-0.25, -0.2) is 4.79 Å². The number of hydrogen-bond donors (Lipinski definition) is 0. The van der Waals surface area contributed by atoms with Crippen molar-refractivity contribution in [3.8, 4) is 0 Å². The van der Waals surface area contributed by atoms with Crippen LogP contribution in [0.15, 0.2) is 29.4 Å². The summed E-state index contributed by atoms with van der Waals surface area (Å²) >= 11 is 0. The first kappa shape index (κ1) is 10.5. The van der Waals surface area contributed by atoms with Crippen LogP contribution in [0.3, 0.4) is 0 Å². The first-order chi connectivity index (χ1) is 8.34. The van der Waals surface area contributed by atoms with Gasteiger partial charge < -0.3 is 4.84 Å². The van der Waals surface area contributed by atoms with Gasteiger partial charge in [0.2, 0.25) is 0 Å². The van der Waals surface area contributed by atoms with Gasteiger partial charge in [-0.15, -0.1) is 0 Å². The molecule has 2 aliphatic rings. The van der Waals surface area contributed by atoms with Crippen LogP contribution in [0.1, 0.15) is 36.8 Å². The first-order valence-corrected chi connectivity index (χ1v) is 6.20. The third-order valence-corrected chi connectivity index (χ3v) is 3.34. The Hall–Kier alpha value is -1.64. The lowest BCUT2D eigenvalue weighted by Gasteiger charge is -2.16. The Labute approximate surface area is 100 Å². The van der Waals surface area contributed by atoms with E-state index in [1.807, 2.05) is 12.1 Å². The van der Waals surface area contributed by atoms with Crippen LogP contribution in [0.4, 0.5) is 0 Å². The molecule has 0 unspecified atom stereocenters. The summed E-state index contributed by atoms with van der Waals surface area (Å²) in [6, 6.07) is 8.21. The summed E-state index contributed by atoms with van der Waals surface area (Å²) in [6.45, 7) is 0. The highest BCUT2D eigenvalue weighted by molar-refractivity contribution is 6.02. The van der Waals surface area contributed by atoms with Crippen LogP contribution in [-0.4, -0.2) is 11.7 Å². The number of nitrogens with zero attached hydrogens (tertiary/aromatic N) is 1. The van der Waals surface area contributed by atoms with Crippen molar-refractivity contribution in [2.45, 2.75) is 32.1 Å². The van der Waals surface area contributed by atoms with E-state index in [0.717, 1.165) is 43.4 Å². The fraction of sp³-hybridized carbons (Fsp3) is 0.429. The van der Waals surface area contributed by atoms with Crippen molar-refractivity contribution >= 4 is 11.7 Å². The molecule has 0 aromatic heterocycles. The quantitative estimate of drug-likeness (QED) is 0.577. The lowest BCUT2D eigenvalue weighted by molar-refractivity contribution is -0.145. The van der Waals surface area contributed by atoms with E-state index in [-0.39, 0.29) is 11.9 Å². The molecular weight excluding hydrogens is 214 g/mol. The summed E-state index contributed by atoms with van der Waals surface area (Å²) in [5.41, 5.74) is 3.36. The zero-order valence-electron chi connectivity index (χ0n) is 9.69. The van der Waals surface area contributed by atoms with Crippen molar-refractivity contribution in [1.29, 1.82) is 0 Å². The van der Waals surface area contributed by atoms with E-state index >= 15 is 0 Å². The number of aryl methyl sites for hydroxylation is 1. The van der Waals surface area contributed by atoms with Crippen molar-refractivity contribution in [2.75, 3.05) is 0 Å². The van der Waals surface area contributed by atoms with Gasteiger partial charge in [-0.1, -0.05) is 29.4 Å². The molecule has 1 aromatic rings. The molecule has 0 radical (unpaired) electrons. The van der Waals surface area contributed by atoms with Crippen LogP contribution in [0.5, 0.6) is 0 Å². The third kappa shape index (κ3) is 2.23. The molecule has 1 aromatic carbocycles. The van der Waals surface area contributed by atoms with Gasteiger partial charge in [0.25, 0.3) is 0 Å². The molecule has 0 amide bonds. The van der Waals surface area contributed by atoms with Crippen LogP contribution < -0.4 is 0 Å². The fourth-order valence-corrected chi connectivity index (χ4v) is 2.19. The zero-order valence-corrected chi connectivity index (χ0v) is 9.69. The Morgan fingerprint density at radius 1 is 1.24 bits per heavy atom. The Morgan fingerprint density at radius 2 is 2.06 bits per heavy atom. The Kier molecular flexibility index (Phi) is 2.67. The molecule has 88 valence electrons. The van der Waals surface area contributed by atoms with Crippen molar-refractivity contribution in [3.05, 3.63) is 35.4 Å². The number of rotatable bonds is 2. The second kappa shape index (κ2) is 4.32. The normalized spacial score (nSPS) is 21.1. The van der Waals surface area contributed by atoms with Gasteiger partial charge in [-0.3, -0.25) is 0 Å². The molecule has 0 atom stereocenters. The average molecular weight is 229 g/mol. The standard InChI is InChI=1S/C14H15NO2/c16-14(11-8-9-11)17-15-13-7-3-5-10-4-1-2-6-12(10)13/h1-2,4,6,11H,3,5,7-9H2/b15-13+. The smallest absolute Gasteiger partial charge is 0.318 e. The van der Waals surface area contributed by atoms with Crippen LogP contribution >= 0.6 is 0 Å². The molecule has 2 aliphatic carbocycles. The highest BCUT2D eigenvalue weighted by Crippen LogP contribution is 2.30. The summed E-state index contributed by atoms with van der Waals surface area (Å²) < 4.78 is 0. The average Bonchev–Trinajstić information content (AvgIpc) is 3.20. The van der Waals surface area contributed by atoms with Crippen LogP contribution in [0.25, 0.3) is 0 Å². The monoisotopic (exact) mass is 229 g/mol. The number of benzene rings is 1. The maximum absolute atomic E-state index is 11.4. The Bertz CT molecular complexity index is 475. The molecule has 17 heavy (non-hydrogen) atoms.